The molecule has 1 heterocycles. The van der Waals surface area contributed by atoms with E-state index in [9.17, 15) is 4.79 Å². The zero-order valence-corrected chi connectivity index (χ0v) is 11.2. The van der Waals surface area contributed by atoms with Crippen molar-refractivity contribution < 1.29 is 14.4 Å². The molecule has 2 aromatic rings. The van der Waals surface area contributed by atoms with E-state index in [-0.39, 0.29) is 5.56 Å². The third-order valence-electron chi connectivity index (χ3n) is 3.99. The maximum atomic E-state index is 11.0. The standard InChI is InChI=1S/C15H16N2O3/c1-9-4-2-7-12(9)14-16-13(17-20-14)10-5-3-6-11(8-10)15(18)19/h3,5-6,8-9,12H,2,4,7H2,1H3,(H,18,19). The number of benzene rings is 1. The summed E-state index contributed by atoms with van der Waals surface area (Å²) in [6.45, 7) is 2.20. The van der Waals surface area contributed by atoms with E-state index in [0.29, 0.717) is 29.1 Å². The molecule has 1 aromatic carbocycles. The van der Waals surface area contributed by atoms with Gasteiger partial charge < -0.3 is 9.63 Å². The zero-order chi connectivity index (χ0) is 14.1. The molecule has 1 fully saturated rings. The van der Waals surface area contributed by atoms with Crippen LogP contribution in [0.15, 0.2) is 28.8 Å². The summed E-state index contributed by atoms with van der Waals surface area (Å²) in [4.78, 5) is 15.4. The third-order valence-corrected chi connectivity index (χ3v) is 3.99. The molecule has 0 aliphatic heterocycles. The molecule has 104 valence electrons. The lowest BCUT2D eigenvalue weighted by atomic mass is 9.98. The van der Waals surface area contributed by atoms with Crippen LogP contribution in [0, 0.1) is 5.92 Å². The van der Waals surface area contributed by atoms with E-state index in [1.54, 1.807) is 24.3 Å². The summed E-state index contributed by atoms with van der Waals surface area (Å²) in [7, 11) is 0. The van der Waals surface area contributed by atoms with Gasteiger partial charge in [0.05, 0.1) is 5.56 Å². The van der Waals surface area contributed by atoms with E-state index < -0.39 is 5.97 Å². The fourth-order valence-corrected chi connectivity index (χ4v) is 2.81. The summed E-state index contributed by atoms with van der Waals surface area (Å²) in [5.74, 6) is 1.07. The number of carboxylic acid groups (broad SMARTS) is 1. The quantitative estimate of drug-likeness (QED) is 0.927. The van der Waals surface area contributed by atoms with Crippen LogP contribution in [0.1, 0.15) is 48.4 Å². The van der Waals surface area contributed by atoms with Crippen molar-refractivity contribution in [3.63, 3.8) is 0 Å². The van der Waals surface area contributed by atoms with Gasteiger partial charge in [0.25, 0.3) is 0 Å². The fraction of sp³-hybridized carbons (Fsp3) is 0.400. The van der Waals surface area contributed by atoms with Crippen molar-refractivity contribution in [2.24, 2.45) is 5.92 Å². The van der Waals surface area contributed by atoms with Gasteiger partial charge in [0.2, 0.25) is 11.7 Å². The molecule has 0 amide bonds. The highest BCUT2D eigenvalue weighted by Crippen LogP contribution is 2.38. The van der Waals surface area contributed by atoms with Crippen molar-refractivity contribution in [2.45, 2.75) is 32.1 Å². The van der Waals surface area contributed by atoms with Crippen molar-refractivity contribution in [2.75, 3.05) is 0 Å². The van der Waals surface area contributed by atoms with E-state index in [0.717, 1.165) is 6.42 Å². The first-order valence-electron chi connectivity index (χ1n) is 6.82. The second-order valence-corrected chi connectivity index (χ2v) is 5.36. The molecule has 0 saturated heterocycles. The van der Waals surface area contributed by atoms with E-state index in [1.165, 1.54) is 12.8 Å². The molecule has 1 saturated carbocycles. The summed E-state index contributed by atoms with van der Waals surface area (Å²) in [6.07, 6.45) is 3.47. The number of hydrogen-bond donors (Lipinski definition) is 1. The first-order chi connectivity index (χ1) is 9.65. The van der Waals surface area contributed by atoms with E-state index in [1.807, 2.05) is 0 Å². The van der Waals surface area contributed by atoms with Gasteiger partial charge in [0, 0.05) is 11.5 Å². The number of nitrogens with zero attached hydrogens (tertiary/aromatic N) is 2. The van der Waals surface area contributed by atoms with Crippen molar-refractivity contribution in [3.05, 3.63) is 35.7 Å². The average Bonchev–Trinajstić information content (AvgIpc) is 3.07. The lowest BCUT2D eigenvalue weighted by Gasteiger charge is -2.08. The normalized spacial score (nSPS) is 22.1. The molecular weight excluding hydrogens is 256 g/mol. The molecule has 0 spiro atoms. The van der Waals surface area contributed by atoms with Crippen LogP contribution in [0.5, 0.6) is 0 Å². The van der Waals surface area contributed by atoms with Crippen LogP contribution in [-0.4, -0.2) is 21.2 Å². The monoisotopic (exact) mass is 272 g/mol. The predicted molar refractivity (Wildman–Crippen MR) is 72.4 cm³/mol. The number of rotatable bonds is 3. The van der Waals surface area contributed by atoms with Gasteiger partial charge in [0.15, 0.2) is 0 Å². The molecule has 1 aliphatic carbocycles. The molecule has 1 N–H and O–H groups in total. The Morgan fingerprint density at radius 2 is 2.25 bits per heavy atom. The van der Waals surface area contributed by atoms with Crippen LogP contribution < -0.4 is 0 Å². The van der Waals surface area contributed by atoms with Crippen LogP contribution >= 0.6 is 0 Å². The van der Waals surface area contributed by atoms with Gasteiger partial charge in [-0.25, -0.2) is 4.79 Å². The predicted octanol–water partition coefficient (Wildman–Crippen LogP) is 3.34. The van der Waals surface area contributed by atoms with Crippen molar-refractivity contribution in [1.82, 2.24) is 10.1 Å². The molecule has 1 aliphatic rings. The molecule has 1 aromatic heterocycles. The molecule has 0 radical (unpaired) electrons. The minimum absolute atomic E-state index is 0.225. The van der Waals surface area contributed by atoms with Crippen LogP contribution in [0.4, 0.5) is 0 Å². The maximum absolute atomic E-state index is 11.0. The Bertz CT molecular complexity index is 636. The Morgan fingerprint density at radius 3 is 2.95 bits per heavy atom. The summed E-state index contributed by atoms with van der Waals surface area (Å²) >= 11 is 0. The Kier molecular flexibility index (Phi) is 3.26. The van der Waals surface area contributed by atoms with E-state index >= 15 is 0 Å². The SMILES string of the molecule is CC1CCCC1c1nc(-c2cccc(C(=O)O)c2)no1. The highest BCUT2D eigenvalue weighted by molar-refractivity contribution is 5.89. The van der Waals surface area contributed by atoms with Gasteiger partial charge in [-0.3, -0.25) is 0 Å². The van der Waals surface area contributed by atoms with Crippen molar-refractivity contribution >= 4 is 5.97 Å². The molecular formula is C15H16N2O3. The zero-order valence-electron chi connectivity index (χ0n) is 11.2. The van der Waals surface area contributed by atoms with E-state index in [4.69, 9.17) is 9.63 Å². The highest BCUT2D eigenvalue weighted by Gasteiger charge is 2.29. The summed E-state index contributed by atoms with van der Waals surface area (Å²) in [6, 6.07) is 6.59. The number of aromatic nitrogens is 2. The third kappa shape index (κ3) is 2.31. The Balaban J connectivity index is 1.90. The fourth-order valence-electron chi connectivity index (χ4n) is 2.81. The molecule has 5 heteroatoms. The molecule has 5 nitrogen and oxygen atoms in total. The smallest absolute Gasteiger partial charge is 0.335 e. The minimum atomic E-state index is -0.958. The highest BCUT2D eigenvalue weighted by atomic mass is 16.5. The maximum Gasteiger partial charge on any atom is 0.335 e. The number of aromatic carboxylic acids is 1. The van der Waals surface area contributed by atoms with Crippen LogP contribution in [-0.2, 0) is 0 Å². The lowest BCUT2D eigenvalue weighted by Crippen LogP contribution is -2.02. The molecule has 3 rings (SSSR count). The van der Waals surface area contributed by atoms with Gasteiger partial charge in [-0.05, 0) is 30.9 Å². The Hall–Kier alpha value is -2.17. The Morgan fingerprint density at radius 1 is 1.40 bits per heavy atom. The first-order valence-corrected chi connectivity index (χ1v) is 6.82. The molecule has 2 atom stereocenters. The topological polar surface area (TPSA) is 76.2 Å². The number of hydrogen-bond acceptors (Lipinski definition) is 4. The van der Waals surface area contributed by atoms with Gasteiger partial charge in [0.1, 0.15) is 0 Å². The van der Waals surface area contributed by atoms with Crippen molar-refractivity contribution in [1.29, 1.82) is 0 Å². The average molecular weight is 272 g/mol. The minimum Gasteiger partial charge on any atom is -0.478 e. The van der Waals surface area contributed by atoms with Gasteiger partial charge in [-0.1, -0.05) is 30.6 Å². The number of carbonyl (C=O) groups is 1. The van der Waals surface area contributed by atoms with Gasteiger partial charge in [-0.2, -0.15) is 4.98 Å². The van der Waals surface area contributed by atoms with E-state index in [2.05, 4.69) is 17.1 Å². The molecule has 0 bridgehead atoms. The van der Waals surface area contributed by atoms with Crippen LogP contribution in [0.3, 0.4) is 0 Å². The number of carboxylic acids is 1. The first kappa shape index (κ1) is 12.8. The molecule has 20 heavy (non-hydrogen) atoms. The van der Waals surface area contributed by atoms with Gasteiger partial charge >= 0.3 is 5.97 Å². The van der Waals surface area contributed by atoms with Gasteiger partial charge in [-0.15, -0.1) is 0 Å². The molecule has 2 unspecified atom stereocenters. The lowest BCUT2D eigenvalue weighted by molar-refractivity contribution is 0.0697. The summed E-state index contributed by atoms with van der Waals surface area (Å²) in [5.41, 5.74) is 0.897. The second kappa shape index (κ2) is 5.07. The second-order valence-electron chi connectivity index (χ2n) is 5.36. The van der Waals surface area contributed by atoms with Crippen molar-refractivity contribution in [3.8, 4) is 11.4 Å². The van der Waals surface area contributed by atoms with Crippen LogP contribution in [0.2, 0.25) is 0 Å². The van der Waals surface area contributed by atoms with Crippen LogP contribution in [0.25, 0.3) is 11.4 Å². The Labute approximate surface area is 116 Å². The largest absolute Gasteiger partial charge is 0.478 e. The summed E-state index contributed by atoms with van der Waals surface area (Å²) < 4.78 is 5.37. The summed E-state index contributed by atoms with van der Waals surface area (Å²) in [5, 5.41) is 13.0.